The highest BCUT2D eigenvalue weighted by Gasteiger charge is 2.07. The first-order valence-corrected chi connectivity index (χ1v) is 10.3. The minimum atomic E-state index is -0.242. The van der Waals surface area contributed by atoms with Crippen molar-refractivity contribution in [3.8, 4) is 0 Å². The minimum Gasteiger partial charge on any atom is -0.360 e. The second-order valence-electron chi connectivity index (χ2n) is 6.56. The van der Waals surface area contributed by atoms with E-state index >= 15 is 0 Å². The Bertz CT molecular complexity index is 790. The molecule has 0 spiro atoms. The van der Waals surface area contributed by atoms with Gasteiger partial charge in [0, 0.05) is 35.8 Å². The molecule has 9 heteroatoms. The molecule has 0 aliphatic rings. The summed E-state index contributed by atoms with van der Waals surface area (Å²) in [6.45, 7) is 5.47. The van der Waals surface area contributed by atoms with Crippen molar-refractivity contribution in [3.63, 3.8) is 0 Å². The second kappa shape index (κ2) is 10.9. The van der Waals surface area contributed by atoms with Crippen molar-refractivity contribution in [2.45, 2.75) is 24.8 Å². The van der Waals surface area contributed by atoms with Crippen LogP contribution in [0.5, 0.6) is 0 Å². The number of likely N-dealkylation sites (N-methyl/N-ethyl adjacent to an activating group) is 1. The quantitative estimate of drug-likeness (QED) is 0.273. The molecule has 0 bridgehead atoms. The van der Waals surface area contributed by atoms with Gasteiger partial charge in [-0.3, -0.25) is 15.6 Å². The number of thioether (sulfide) groups is 1. The molecule has 0 aliphatic heterocycles. The molecule has 7 nitrogen and oxygen atoms in total. The minimum absolute atomic E-state index is 0.242. The highest BCUT2D eigenvalue weighted by atomic mass is 32.2. The maximum absolute atomic E-state index is 12.2. The fourth-order valence-corrected chi connectivity index (χ4v) is 3.34. The Morgan fingerprint density at radius 3 is 2.36 bits per heavy atom. The van der Waals surface area contributed by atoms with Crippen molar-refractivity contribution in [1.82, 2.24) is 31.0 Å². The zero-order chi connectivity index (χ0) is 20.5. The number of thiocarbonyl (C=S) groups is 1. The predicted octanol–water partition coefficient (Wildman–Crippen LogP) is 2.06. The highest BCUT2D eigenvalue weighted by molar-refractivity contribution is 7.98. The molecule has 1 aromatic carbocycles. The van der Waals surface area contributed by atoms with Crippen molar-refractivity contribution in [2.24, 2.45) is 0 Å². The molecule has 0 aliphatic carbocycles. The van der Waals surface area contributed by atoms with Gasteiger partial charge in [0.05, 0.1) is 0 Å². The molecule has 28 heavy (non-hydrogen) atoms. The van der Waals surface area contributed by atoms with Gasteiger partial charge in [-0.05, 0) is 63.9 Å². The van der Waals surface area contributed by atoms with Crippen molar-refractivity contribution < 1.29 is 4.79 Å². The summed E-state index contributed by atoms with van der Waals surface area (Å²) in [5.41, 5.74) is 8.88. The van der Waals surface area contributed by atoms with E-state index in [2.05, 4.69) is 26.1 Å². The highest BCUT2D eigenvalue weighted by Crippen LogP contribution is 2.20. The first-order valence-electron chi connectivity index (χ1n) is 8.86. The Hall–Kier alpha value is -2.23. The van der Waals surface area contributed by atoms with E-state index in [-0.39, 0.29) is 5.91 Å². The number of nitrogens with zero attached hydrogens (tertiary/aromatic N) is 3. The molecule has 150 valence electrons. The van der Waals surface area contributed by atoms with Crippen LogP contribution in [0.25, 0.3) is 0 Å². The molecule has 0 fully saturated rings. The summed E-state index contributed by atoms with van der Waals surface area (Å²) < 4.78 is 0. The average Bonchev–Trinajstić information content (AvgIpc) is 2.64. The molecule has 0 radical (unpaired) electrons. The van der Waals surface area contributed by atoms with Crippen molar-refractivity contribution >= 4 is 35.0 Å². The van der Waals surface area contributed by atoms with Crippen LogP contribution < -0.4 is 16.2 Å². The number of hydrogen-bond acceptors (Lipinski definition) is 6. The molecule has 0 saturated heterocycles. The van der Waals surface area contributed by atoms with E-state index in [1.54, 1.807) is 23.9 Å². The van der Waals surface area contributed by atoms with E-state index in [9.17, 15) is 4.79 Å². The van der Waals surface area contributed by atoms with Gasteiger partial charge >= 0.3 is 0 Å². The number of rotatable bonds is 7. The average molecular weight is 419 g/mol. The first-order chi connectivity index (χ1) is 13.3. The van der Waals surface area contributed by atoms with Crippen LogP contribution in [0.3, 0.4) is 0 Å². The summed E-state index contributed by atoms with van der Waals surface area (Å²) in [6, 6.07) is 9.39. The van der Waals surface area contributed by atoms with E-state index in [0.717, 1.165) is 34.4 Å². The molecule has 2 rings (SSSR count). The zero-order valence-corrected chi connectivity index (χ0v) is 18.2. The van der Waals surface area contributed by atoms with Crippen LogP contribution in [0, 0.1) is 13.8 Å². The lowest BCUT2D eigenvalue weighted by atomic mass is 10.1. The molecular formula is C19H26N6OS2. The maximum atomic E-state index is 12.2. The van der Waals surface area contributed by atoms with Crippen molar-refractivity contribution in [2.75, 3.05) is 27.2 Å². The van der Waals surface area contributed by atoms with Crippen LogP contribution >= 0.6 is 24.0 Å². The standard InChI is InChI=1S/C19H26N6OS2/c1-13-11-14(2)22-19(21-13)28-12-15-5-7-16(8-6-15)17(26)23-24-18(27)20-9-10-25(3)4/h5-8,11H,9-10,12H2,1-4H3,(H,23,26)(H2,20,24,27). The van der Waals surface area contributed by atoms with Crippen LogP contribution in [0.15, 0.2) is 35.5 Å². The summed E-state index contributed by atoms with van der Waals surface area (Å²) in [5, 5.41) is 4.17. The SMILES string of the molecule is Cc1cc(C)nc(SCc2ccc(C(=O)NNC(=S)NCCN(C)C)cc2)n1. The molecule has 1 heterocycles. The maximum Gasteiger partial charge on any atom is 0.269 e. The Kier molecular flexibility index (Phi) is 8.62. The molecule has 1 amide bonds. The van der Waals surface area contributed by atoms with Gasteiger partial charge in [-0.25, -0.2) is 9.97 Å². The van der Waals surface area contributed by atoms with Crippen molar-refractivity contribution in [1.29, 1.82) is 0 Å². The molecule has 2 aromatic rings. The molecular weight excluding hydrogens is 392 g/mol. The van der Waals surface area contributed by atoms with Gasteiger partial charge in [-0.2, -0.15) is 0 Å². The number of amides is 1. The number of hydrazine groups is 1. The van der Waals surface area contributed by atoms with Crippen LogP contribution in [-0.4, -0.2) is 53.1 Å². The predicted molar refractivity (Wildman–Crippen MR) is 117 cm³/mol. The van der Waals surface area contributed by atoms with Crippen molar-refractivity contribution in [3.05, 3.63) is 52.8 Å². The third-order valence-electron chi connectivity index (χ3n) is 3.68. The topological polar surface area (TPSA) is 82.2 Å². The number of carbonyl (C=O) groups is 1. The van der Waals surface area contributed by atoms with Gasteiger partial charge in [-0.15, -0.1) is 0 Å². The third-order valence-corrected chi connectivity index (χ3v) is 4.84. The third kappa shape index (κ3) is 7.79. The molecule has 0 atom stereocenters. The van der Waals surface area contributed by atoms with Gasteiger partial charge in [0.2, 0.25) is 0 Å². The van der Waals surface area contributed by atoms with E-state index in [1.807, 2.05) is 51.0 Å². The summed E-state index contributed by atoms with van der Waals surface area (Å²) in [5.74, 6) is 0.497. The van der Waals surface area contributed by atoms with Crippen LogP contribution in [0.2, 0.25) is 0 Å². The van der Waals surface area contributed by atoms with E-state index in [1.165, 1.54) is 0 Å². The number of aryl methyl sites for hydroxylation is 2. The fourth-order valence-electron chi connectivity index (χ4n) is 2.28. The largest absolute Gasteiger partial charge is 0.360 e. The van der Waals surface area contributed by atoms with Crippen LogP contribution in [-0.2, 0) is 5.75 Å². The number of carbonyl (C=O) groups excluding carboxylic acids is 1. The first kappa shape index (κ1) is 22.1. The Morgan fingerprint density at radius 1 is 1.11 bits per heavy atom. The summed E-state index contributed by atoms with van der Waals surface area (Å²) >= 11 is 6.70. The Morgan fingerprint density at radius 2 is 1.75 bits per heavy atom. The number of aromatic nitrogens is 2. The fraction of sp³-hybridized carbons (Fsp3) is 0.368. The summed E-state index contributed by atoms with van der Waals surface area (Å²) in [6.07, 6.45) is 0. The monoisotopic (exact) mass is 418 g/mol. The Labute approximate surface area is 175 Å². The smallest absolute Gasteiger partial charge is 0.269 e. The normalized spacial score (nSPS) is 10.6. The van der Waals surface area contributed by atoms with E-state index in [0.29, 0.717) is 17.2 Å². The van der Waals surface area contributed by atoms with Crippen LogP contribution in [0.1, 0.15) is 27.3 Å². The van der Waals surface area contributed by atoms with Gasteiger partial charge < -0.3 is 10.2 Å². The molecule has 3 N–H and O–H groups in total. The van der Waals surface area contributed by atoms with Gasteiger partial charge in [0.1, 0.15) is 0 Å². The zero-order valence-electron chi connectivity index (χ0n) is 16.6. The summed E-state index contributed by atoms with van der Waals surface area (Å²) in [7, 11) is 3.97. The second-order valence-corrected chi connectivity index (χ2v) is 7.91. The van der Waals surface area contributed by atoms with E-state index in [4.69, 9.17) is 12.2 Å². The molecule has 0 unspecified atom stereocenters. The molecule has 1 aromatic heterocycles. The van der Waals surface area contributed by atoms with Gasteiger partial charge in [0.25, 0.3) is 5.91 Å². The van der Waals surface area contributed by atoms with Crippen LogP contribution in [0.4, 0.5) is 0 Å². The lowest BCUT2D eigenvalue weighted by Crippen LogP contribution is -2.47. The summed E-state index contributed by atoms with van der Waals surface area (Å²) in [4.78, 5) is 23.1. The lowest BCUT2D eigenvalue weighted by Gasteiger charge is -2.14. The van der Waals surface area contributed by atoms with Gasteiger partial charge in [-0.1, -0.05) is 23.9 Å². The lowest BCUT2D eigenvalue weighted by molar-refractivity contribution is 0.0943. The Balaban J connectivity index is 1.79. The number of benzene rings is 1. The van der Waals surface area contributed by atoms with E-state index < -0.39 is 0 Å². The number of hydrogen-bond donors (Lipinski definition) is 3. The number of nitrogens with one attached hydrogen (secondary N) is 3. The van der Waals surface area contributed by atoms with Gasteiger partial charge in [0.15, 0.2) is 10.3 Å². The molecule has 0 saturated carbocycles.